The van der Waals surface area contributed by atoms with E-state index in [0.717, 1.165) is 24.8 Å². The third-order valence-corrected chi connectivity index (χ3v) is 4.43. The molecule has 1 aliphatic heterocycles. The van der Waals surface area contributed by atoms with Gasteiger partial charge in [-0.1, -0.05) is 24.3 Å². The number of morpholine rings is 1. The van der Waals surface area contributed by atoms with Gasteiger partial charge in [-0.2, -0.15) is 13.2 Å². The maximum atomic E-state index is 13.0. The molecule has 28 heavy (non-hydrogen) atoms. The van der Waals surface area contributed by atoms with Crippen molar-refractivity contribution in [2.24, 2.45) is 0 Å². The quantitative estimate of drug-likeness (QED) is 0.780. The van der Waals surface area contributed by atoms with Gasteiger partial charge < -0.3 is 20.3 Å². The topological polar surface area (TPSA) is 53.6 Å². The van der Waals surface area contributed by atoms with E-state index < -0.39 is 11.7 Å². The summed E-state index contributed by atoms with van der Waals surface area (Å²) in [5, 5.41) is 5.56. The maximum absolute atomic E-state index is 13.0. The van der Waals surface area contributed by atoms with Gasteiger partial charge in [0, 0.05) is 31.7 Å². The number of halogens is 3. The van der Waals surface area contributed by atoms with Crippen molar-refractivity contribution >= 4 is 23.0 Å². The van der Waals surface area contributed by atoms with E-state index in [9.17, 15) is 18.0 Å². The zero-order chi connectivity index (χ0) is 20.0. The highest BCUT2D eigenvalue weighted by atomic mass is 19.4. The molecule has 150 valence electrons. The second-order valence-electron chi connectivity index (χ2n) is 6.38. The summed E-state index contributed by atoms with van der Waals surface area (Å²) in [5.74, 6) is -0.266. The molecule has 0 radical (unpaired) electrons. The molecule has 1 amide bonds. The van der Waals surface area contributed by atoms with Crippen molar-refractivity contribution in [2.45, 2.75) is 12.6 Å². The van der Waals surface area contributed by atoms with Crippen LogP contribution >= 0.6 is 0 Å². The number of carbonyl (C=O) groups excluding carboxylic acids is 1. The van der Waals surface area contributed by atoms with Crippen LogP contribution in [0.5, 0.6) is 0 Å². The van der Waals surface area contributed by atoms with Crippen molar-refractivity contribution in [1.82, 2.24) is 0 Å². The lowest BCUT2D eigenvalue weighted by molar-refractivity contribution is -0.137. The van der Waals surface area contributed by atoms with E-state index in [1.807, 2.05) is 24.3 Å². The van der Waals surface area contributed by atoms with Crippen molar-refractivity contribution in [2.75, 3.05) is 48.4 Å². The number of alkyl halides is 3. The molecule has 8 heteroatoms. The molecule has 1 fully saturated rings. The standard InChI is InChI=1S/C20H22F3N3O2/c21-20(22,23)15-5-1-2-6-16(15)24-10-9-19(27)25-17-7-3-4-8-18(17)26-11-13-28-14-12-26/h1-8,24H,9-14H2,(H,25,27). The lowest BCUT2D eigenvalue weighted by Gasteiger charge is -2.30. The summed E-state index contributed by atoms with van der Waals surface area (Å²) in [6, 6.07) is 12.7. The van der Waals surface area contributed by atoms with Gasteiger partial charge in [0.1, 0.15) is 0 Å². The highest BCUT2D eigenvalue weighted by Crippen LogP contribution is 2.34. The van der Waals surface area contributed by atoms with E-state index in [1.54, 1.807) is 0 Å². The first kappa shape index (κ1) is 20.0. The molecule has 1 aliphatic rings. The van der Waals surface area contributed by atoms with E-state index in [-0.39, 0.29) is 24.6 Å². The average molecular weight is 393 g/mol. The molecular formula is C20H22F3N3O2. The van der Waals surface area contributed by atoms with Crippen molar-refractivity contribution in [3.8, 4) is 0 Å². The average Bonchev–Trinajstić information content (AvgIpc) is 2.69. The van der Waals surface area contributed by atoms with E-state index in [0.29, 0.717) is 18.9 Å². The summed E-state index contributed by atoms with van der Waals surface area (Å²) in [4.78, 5) is 14.4. The van der Waals surface area contributed by atoms with Crippen LogP contribution in [0.2, 0.25) is 0 Å². The summed E-state index contributed by atoms with van der Waals surface area (Å²) < 4.78 is 44.4. The molecule has 0 spiro atoms. The molecule has 2 aromatic carbocycles. The minimum absolute atomic E-state index is 0.0310. The molecule has 0 bridgehead atoms. The molecule has 2 aromatic rings. The van der Waals surface area contributed by atoms with Crippen LogP contribution in [-0.2, 0) is 15.7 Å². The van der Waals surface area contributed by atoms with Gasteiger partial charge in [0.25, 0.3) is 0 Å². The third kappa shape index (κ3) is 5.16. The van der Waals surface area contributed by atoms with Gasteiger partial charge in [0.05, 0.1) is 30.2 Å². The Balaban J connectivity index is 1.57. The predicted molar refractivity (Wildman–Crippen MR) is 103 cm³/mol. The fourth-order valence-corrected chi connectivity index (χ4v) is 3.07. The van der Waals surface area contributed by atoms with Crippen LogP contribution < -0.4 is 15.5 Å². The second kappa shape index (κ2) is 8.97. The van der Waals surface area contributed by atoms with Crippen molar-refractivity contribution < 1.29 is 22.7 Å². The zero-order valence-electron chi connectivity index (χ0n) is 15.3. The molecule has 5 nitrogen and oxygen atoms in total. The van der Waals surface area contributed by atoms with Crippen LogP contribution in [0.4, 0.5) is 30.2 Å². The highest BCUT2D eigenvalue weighted by molar-refractivity contribution is 5.94. The molecule has 2 N–H and O–H groups in total. The van der Waals surface area contributed by atoms with Crippen LogP contribution in [0.15, 0.2) is 48.5 Å². The molecular weight excluding hydrogens is 371 g/mol. The van der Waals surface area contributed by atoms with Crippen LogP contribution in [0, 0.1) is 0 Å². The zero-order valence-corrected chi connectivity index (χ0v) is 15.3. The SMILES string of the molecule is O=C(CCNc1ccccc1C(F)(F)F)Nc1ccccc1N1CCOCC1. The van der Waals surface area contributed by atoms with E-state index in [4.69, 9.17) is 4.74 Å². The summed E-state index contributed by atoms with van der Waals surface area (Å²) in [7, 11) is 0. The highest BCUT2D eigenvalue weighted by Gasteiger charge is 2.33. The Morgan fingerprint density at radius 1 is 1.00 bits per heavy atom. The number of ether oxygens (including phenoxy) is 1. The normalized spacial score (nSPS) is 14.6. The Hall–Kier alpha value is -2.74. The first-order chi connectivity index (χ1) is 13.4. The molecule has 0 saturated carbocycles. The van der Waals surface area contributed by atoms with Gasteiger partial charge in [-0.3, -0.25) is 4.79 Å². The molecule has 3 rings (SSSR count). The third-order valence-electron chi connectivity index (χ3n) is 4.43. The largest absolute Gasteiger partial charge is 0.418 e. The Morgan fingerprint density at radius 3 is 2.36 bits per heavy atom. The van der Waals surface area contributed by atoms with Gasteiger partial charge in [-0.25, -0.2) is 0 Å². The number of carbonyl (C=O) groups is 1. The number of para-hydroxylation sites is 3. The van der Waals surface area contributed by atoms with Crippen molar-refractivity contribution in [3.05, 3.63) is 54.1 Å². The van der Waals surface area contributed by atoms with Crippen LogP contribution in [0.1, 0.15) is 12.0 Å². The van der Waals surface area contributed by atoms with Crippen molar-refractivity contribution in [3.63, 3.8) is 0 Å². The summed E-state index contributed by atoms with van der Waals surface area (Å²) in [5.41, 5.74) is 0.823. The minimum Gasteiger partial charge on any atom is -0.384 e. The van der Waals surface area contributed by atoms with Gasteiger partial charge in [-0.15, -0.1) is 0 Å². The van der Waals surface area contributed by atoms with E-state index >= 15 is 0 Å². The molecule has 0 unspecified atom stereocenters. The van der Waals surface area contributed by atoms with Crippen LogP contribution in [-0.4, -0.2) is 38.8 Å². The fraction of sp³-hybridized carbons (Fsp3) is 0.350. The Labute approximate surface area is 161 Å². The first-order valence-electron chi connectivity index (χ1n) is 9.07. The summed E-state index contributed by atoms with van der Waals surface area (Å²) >= 11 is 0. The molecule has 1 heterocycles. The van der Waals surface area contributed by atoms with Gasteiger partial charge >= 0.3 is 6.18 Å². The molecule has 0 aromatic heterocycles. The van der Waals surface area contributed by atoms with Crippen molar-refractivity contribution in [1.29, 1.82) is 0 Å². The summed E-state index contributed by atoms with van der Waals surface area (Å²) in [6.07, 6.45) is -4.40. The number of nitrogens with zero attached hydrogens (tertiary/aromatic N) is 1. The lowest BCUT2D eigenvalue weighted by atomic mass is 10.1. The van der Waals surface area contributed by atoms with E-state index in [2.05, 4.69) is 15.5 Å². The Bertz CT molecular complexity index is 805. The number of anilines is 3. The minimum atomic E-state index is -4.44. The number of hydrogen-bond acceptors (Lipinski definition) is 4. The molecule has 0 atom stereocenters. The number of hydrogen-bond donors (Lipinski definition) is 2. The fourth-order valence-electron chi connectivity index (χ4n) is 3.07. The Kier molecular flexibility index (Phi) is 6.41. The second-order valence-corrected chi connectivity index (χ2v) is 6.38. The molecule has 0 aliphatic carbocycles. The number of rotatable bonds is 6. The Morgan fingerprint density at radius 2 is 1.64 bits per heavy atom. The number of nitrogens with one attached hydrogen (secondary N) is 2. The van der Waals surface area contributed by atoms with Crippen LogP contribution in [0.3, 0.4) is 0 Å². The first-order valence-corrected chi connectivity index (χ1v) is 9.07. The lowest BCUT2D eigenvalue weighted by Crippen LogP contribution is -2.36. The van der Waals surface area contributed by atoms with Crippen LogP contribution in [0.25, 0.3) is 0 Å². The summed E-state index contributed by atoms with van der Waals surface area (Å²) in [6.45, 7) is 2.83. The van der Waals surface area contributed by atoms with Gasteiger partial charge in [0.15, 0.2) is 0 Å². The maximum Gasteiger partial charge on any atom is 0.418 e. The van der Waals surface area contributed by atoms with Gasteiger partial charge in [-0.05, 0) is 24.3 Å². The number of amides is 1. The molecule has 1 saturated heterocycles. The van der Waals surface area contributed by atoms with E-state index in [1.165, 1.54) is 18.2 Å². The monoisotopic (exact) mass is 393 g/mol. The predicted octanol–water partition coefficient (Wildman–Crippen LogP) is 3.98. The smallest absolute Gasteiger partial charge is 0.384 e. The van der Waals surface area contributed by atoms with Gasteiger partial charge in [0.2, 0.25) is 5.91 Å². The number of benzene rings is 2.